The van der Waals surface area contributed by atoms with Gasteiger partial charge in [-0.05, 0) is 6.42 Å². The highest BCUT2D eigenvalue weighted by Gasteiger charge is 2.25. The molecule has 5 heteroatoms. The Morgan fingerprint density at radius 2 is 2.53 bits per heavy atom. The van der Waals surface area contributed by atoms with Crippen molar-refractivity contribution < 1.29 is 4.79 Å². The van der Waals surface area contributed by atoms with Gasteiger partial charge in [-0.25, -0.2) is 0 Å². The van der Waals surface area contributed by atoms with Crippen LogP contribution in [0.25, 0.3) is 0 Å². The Bertz CT molecular complexity index is 280. The summed E-state index contributed by atoms with van der Waals surface area (Å²) in [5.74, 6) is 0.140. The zero-order chi connectivity index (χ0) is 10.7. The number of amidine groups is 1. The minimum atomic E-state index is 0.140. The third kappa shape index (κ3) is 2.87. The van der Waals surface area contributed by atoms with Crippen molar-refractivity contribution in [1.29, 1.82) is 0 Å². The number of thioether (sulfide) groups is 1. The van der Waals surface area contributed by atoms with Crippen molar-refractivity contribution in [1.82, 2.24) is 10.6 Å². The van der Waals surface area contributed by atoms with Gasteiger partial charge in [0.05, 0.1) is 12.6 Å². The molecule has 1 amide bonds. The maximum absolute atomic E-state index is 11.0. The monoisotopic (exact) mass is 227 g/mol. The second kappa shape index (κ2) is 4.88. The van der Waals surface area contributed by atoms with Crippen molar-refractivity contribution in [2.24, 2.45) is 4.99 Å². The van der Waals surface area contributed by atoms with E-state index in [1.807, 2.05) is 11.8 Å². The lowest BCUT2D eigenvalue weighted by atomic mass is 10.2. The standard InChI is InChI=1S/C10H17N3OS/c1-2-3-8-6-12-10(15-8)13-7-4-9(14)11-5-7/h7-8H,2-6H2,1H3,(H,11,14)(H,12,13). The molecule has 2 rings (SSSR count). The number of nitrogens with one attached hydrogen (secondary N) is 2. The third-order valence-electron chi connectivity index (χ3n) is 2.63. The first-order valence-corrected chi connectivity index (χ1v) is 6.40. The van der Waals surface area contributed by atoms with E-state index in [2.05, 4.69) is 22.5 Å². The average molecular weight is 227 g/mol. The van der Waals surface area contributed by atoms with Crippen molar-refractivity contribution >= 4 is 22.8 Å². The first-order chi connectivity index (χ1) is 7.28. The summed E-state index contributed by atoms with van der Waals surface area (Å²) in [6.07, 6.45) is 3.02. The molecule has 0 aromatic rings. The lowest BCUT2D eigenvalue weighted by Crippen LogP contribution is -2.34. The van der Waals surface area contributed by atoms with Crippen molar-refractivity contribution in [2.75, 3.05) is 13.1 Å². The molecule has 2 aliphatic rings. The Morgan fingerprint density at radius 1 is 1.67 bits per heavy atom. The number of carbonyl (C=O) groups is 1. The van der Waals surface area contributed by atoms with Crippen LogP contribution in [0.15, 0.2) is 4.99 Å². The quantitative estimate of drug-likeness (QED) is 0.747. The van der Waals surface area contributed by atoms with Crippen LogP contribution in [-0.4, -0.2) is 35.5 Å². The van der Waals surface area contributed by atoms with Gasteiger partial charge in [-0.15, -0.1) is 0 Å². The Balaban J connectivity index is 1.74. The van der Waals surface area contributed by atoms with Crippen LogP contribution < -0.4 is 10.6 Å². The van der Waals surface area contributed by atoms with Gasteiger partial charge < -0.3 is 10.6 Å². The fraction of sp³-hybridized carbons (Fsp3) is 0.800. The van der Waals surface area contributed by atoms with E-state index < -0.39 is 0 Å². The number of amides is 1. The number of hydrogen-bond donors (Lipinski definition) is 2. The molecule has 15 heavy (non-hydrogen) atoms. The lowest BCUT2D eigenvalue weighted by molar-refractivity contribution is -0.119. The van der Waals surface area contributed by atoms with E-state index in [0.29, 0.717) is 11.7 Å². The van der Waals surface area contributed by atoms with Crippen molar-refractivity contribution in [2.45, 2.75) is 37.5 Å². The molecule has 0 aromatic carbocycles. The molecule has 0 aromatic heterocycles. The van der Waals surface area contributed by atoms with Crippen LogP contribution in [0.3, 0.4) is 0 Å². The molecular formula is C10H17N3OS. The summed E-state index contributed by atoms with van der Waals surface area (Å²) in [5.41, 5.74) is 0. The zero-order valence-electron chi connectivity index (χ0n) is 8.95. The molecule has 0 spiro atoms. The molecular weight excluding hydrogens is 210 g/mol. The van der Waals surface area contributed by atoms with Crippen LogP contribution in [0.4, 0.5) is 0 Å². The fourth-order valence-electron chi connectivity index (χ4n) is 1.85. The average Bonchev–Trinajstić information content (AvgIpc) is 2.78. The van der Waals surface area contributed by atoms with Crippen LogP contribution in [0.2, 0.25) is 0 Å². The predicted octanol–water partition coefficient (Wildman–Crippen LogP) is 0.736. The van der Waals surface area contributed by atoms with Crippen LogP contribution in [0, 0.1) is 0 Å². The van der Waals surface area contributed by atoms with Crippen molar-refractivity contribution in [3.8, 4) is 0 Å². The zero-order valence-corrected chi connectivity index (χ0v) is 9.77. The van der Waals surface area contributed by atoms with E-state index in [0.717, 1.165) is 18.3 Å². The van der Waals surface area contributed by atoms with Crippen LogP contribution in [-0.2, 0) is 4.79 Å². The summed E-state index contributed by atoms with van der Waals surface area (Å²) in [7, 11) is 0. The molecule has 4 nitrogen and oxygen atoms in total. The van der Waals surface area contributed by atoms with Gasteiger partial charge in [0.15, 0.2) is 5.17 Å². The molecule has 2 aliphatic heterocycles. The summed E-state index contributed by atoms with van der Waals surface area (Å²) < 4.78 is 0. The Hall–Kier alpha value is -0.710. The topological polar surface area (TPSA) is 53.5 Å². The van der Waals surface area contributed by atoms with E-state index >= 15 is 0 Å². The minimum Gasteiger partial charge on any atom is -0.360 e. The molecule has 1 fully saturated rings. The molecule has 2 atom stereocenters. The van der Waals surface area contributed by atoms with E-state index in [1.54, 1.807) is 0 Å². The molecule has 0 bridgehead atoms. The van der Waals surface area contributed by atoms with Gasteiger partial charge >= 0.3 is 0 Å². The van der Waals surface area contributed by atoms with Gasteiger partial charge in [0, 0.05) is 18.2 Å². The molecule has 1 saturated heterocycles. The van der Waals surface area contributed by atoms with Gasteiger partial charge in [-0.2, -0.15) is 0 Å². The minimum absolute atomic E-state index is 0.140. The fourth-order valence-corrected chi connectivity index (χ4v) is 3.05. The van der Waals surface area contributed by atoms with E-state index in [-0.39, 0.29) is 11.9 Å². The summed E-state index contributed by atoms with van der Waals surface area (Å²) in [5, 5.41) is 7.80. The van der Waals surface area contributed by atoms with Gasteiger partial charge in [-0.3, -0.25) is 9.79 Å². The molecule has 2 unspecified atom stereocenters. The van der Waals surface area contributed by atoms with Gasteiger partial charge in [0.2, 0.25) is 5.91 Å². The van der Waals surface area contributed by atoms with Crippen LogP contribution in [0.5, 0.6) is 0 Å². The van der Waals surface area contributed by atoms with Gasteiger partial charge in [0.1, 0.15) is 0 Å². The Morgan fingerprint density at radius 3 is 3.20 bits per heavy atom. The second-order valence-corrected chi connectivity index (χ2v) is 5.31. The highest BCUT2D eigenvalue weighted by molar-refractivity contribution is 8.14. The van der Waals surface area contributed by atoms with Gasteiger partial charge in [0.25, 0.3) is 0 Å². The predicted molar refractivity (Wildman–Crippen MR) is 63.1 cm³/mol. The largest absolute Gasteiger partial charge is 0.360 e. The normalized spacial score (nSPS) is 30.2. The van der Waals surface area contributed by atoms with Crippen molar-refractivity contribution in [3.05, 3.63) is 0 Å². The molecule has 2 heterocycles. The number of nitrogens with zero attached hydrogens (tertiary/aromatic N) is 1. The number of hydrogen-bond acceptors (Lipinski definition) is 4. The Labute approximate surface area is 94.3 Å². The molecule has 0 aliphatic carbocycles. The third-order valence-corrected chi connectivity index (χ3v) is 3.82. The van der Waals surface area contributed by atoms with Crippen LogP contribution >= 0.6 is 11.8 Å². The number of rotatable bonds is 3. The number of carbonyl (C=O) groups excluding carboxylic acids is 1. The summed E-state index contributed by atoms with van der Waals surface area (Å²) >= 11 is 1.82. The van der Waals surface area contributed by atoms with E-state index in [9.17, 15) is 4.79 Å². The molecule has 0 radical (unpaired) electrons. The van der Waals surface area contributed by atoms with E-state index in [1.165, 1.54) is 12.8 Å². The summed E-state index contributed by atoms with van der Waals surface area (Å²) in [4.78, 5) is 15.4. The van der Waals surface area contributed by atoms with Gasteiger partial charge in [-0.1, -0.05) is 25.1 Å². The molecule has 2 N–H and O–H groups in total. The maximum Gasteiger partial charge on any atom is 0.222 e. The Kier molecular flexibility index (Phi) is 3.51. The van der Waals surface area contributed by atoms with Crippen LogP contribution in [0.1, 0.15) is 26.2 Å². The molecule has 84 valence electrons. The second-order valence-electron chi connectivity index (χ2n) is 4.02. The maximum atomic E-state index is 11.0. The highest BCUT2D eigenvalue weighted by atomic mass is 32.2. The molecule has 0 saturated carbocycles. The highest BCUT2D eigenvalue weighted by Crippen LogP contribution is 2.24. The summed E-state index contributed by atoms with van der Waals surface area (Å²) in [6.45, 7) is 3.86. The number of aliphatic imine (C=N–C) groups is 1. The smallest absolute Gasteiger partial charge is 0.222 e. The van der Waals surface area contributed by atoms with Crippen molar-refractivity contribution in [3.63, 3.8) is 0 Å². The SMILES string of the molecule is CCCC1CN=C(NC2CNC(=O)C2)S1. The first-order valence-electron chi connectivity index (χ1n) is 5.52. The first kappa shape index (κ1) is 10.8. The summed E-state index contributed by atoms with van der Waals surface area (Å²) in [6, 6.07) is 0.240. The lowest BCUT2D eigenvalue weighted by Gasteiger charge is -2.11. The van der Waals surface area contributed by atoms with E-state index in [4.69, 9.17) is 0 Å².